The van der Waals surface area contributed by atoms with Gasteiger partial charge in [-0.15, -0.1) is 0 Å². The summed E-state index contributed by atoms with van der Waals surface area (Å²) in [6.07, 6.45) is 3.88. The normalized spacial score (nSPS) is 19.1. The Labute approximate surface area is 153 Å². The predicted molar refractivity (Wildman–Crippen MR) is 99.1 cm³/mol. The molecule has 2 aliphatic rings. The van der Waals surface area contributed by atoms with Crippen LogP contribution in [0.4, 0.5) is 5.82 Å². The van der Waals surface area contributed by atoms with E-state index in [1.807, 2.05) is 42.4 Å². The van der Waals surface area contributed by atoms with Crippen LogP contribution in [0.25, 0.3) is 0 Å². The van der Waals surface area contributed by atoms with Crippen LogP contribution in [-0.4, -0.2) is 49.1 Å². The number of fused-ring (bicyclic) bond motifs is 1. The Balaban J connectivity index is 1.55. The highest BCUT2D eigenvalue weighted by molar-refractivity contribution is 5.98. The molecule has 0 aliphatic carbocycles. The van der Waals surface area contributed by atoms with Crippen molar-refractivity contribution in [1.29, 1.82) is 0 Å². The number of nitrogens with zero attached hydrogens (tertiary/aromatic N) is 2. The van der Waals surface area contributed by atoms with Crippen molar-refractivity contribution in [3.05, 3.63) is 47.7 Å². The topological polar surface area (TPSA) is 63.7 Å². The van der Waals surface area contributed by atoms with Crippen LogP contribution in [0.2, 0.25) is 0 Å². The van der Waals surface area contributed by atoms with Crippen molar-refractivity contribution in [2.24, 2.45) is 0 Å². The van der Waals surface area contributed by atoms with E-state index in [1.54, 1.807) is 0 Å². The minimum atomic E-state index is 0.0138. The van der Waals surface area contributed by atoms with Crippen molar-refractivity contribution in [1.82, 2.24) is 9.88 Å². The highest BCUT2D eigenvalue weighted by Gasteiger charge is 2.29. The number of rotatable bonds is 3. The Morgan fingerprint density at radius 2 is 2.15 bits per heavy atom. The molecule has 2 aromatic rings. The highest BCUT2D eigenvalue weighted by atomic mass is 16.6. The molecule has 1 atom stereocenters. The minimum Gasteiger partial charge on any atom is -0.486 e. The van der Waals surface area contributed by atoms with Crippen molar-refractivity contribution in [3.63, 3.8) is 0 Å². The van der Waals surface area contributed by atoms with Crippen molar-refractivity contribution in [3.8, 4) is 11.5 Å². The number of ether oxygens (including phenoxy) is 2. The van der Waals surface area contributed by atoms with Gasteiger partial charge in [0.25, 0.3) is 5.91 Å². The fraction of sp³-hybridized carbons (Fsp3) is 0.400. The highest BCUT2D eigenvalue weighted by Crippen LogP contribution is 2.35. The van der Waals surface area contributed by atoms with Crippen molar-refractivity contribution >= 4 is 11.7 Å². The molecular formula is C20H23N3O3. The molecule has 1 saturated heterocycles. The molecule has 1 unspecified atom stereocenters. The number of carbonyl (C=O) groups excluding carboxylic acids is 1. The molecule has 0 bridgehead atoms. The second-order valence-corrected chi connectivity index (χ2v) is 6.64. The van der Waals surface area contributed by atoms with Crippen LogP contribution in [0.3, 0.4) is 0 Å². The zero-order valence-electron chi connectivity index (χ0n) is 14.9. The van der Waals surface area contributed by atoms with Crippen LogP contribution in [0.1, 0.15) is 34.7 Å². The van der Waals surface area contributed by atoms with Gasteiger partial charge >= 0.3 is 0 Å². The lowest BCUT2D eigenvalue weighted by Crippen LogP contribution is -2.39. The molecule has 0 spiro atoms. The van der Waals surface area contributed by atoms with Gasteiger partial charge in [0.2, 0.25) is 0 Å². The minimum absolute atomic E-state index is 0.0138. The third-order valence-electron chi connectivity index (χ3n) is 5.02. The molecule has 26 heavy (non-hydrogen) atoms. The maximum atomic E-state index is 13.1. The van der Waals surface area contributed by atoms with Crippen LogP contribution < -0.4 is 14.8 Å². The molecular weight excluding hydrogens is 330 g/mol. The summed E-state index contributed by atoms with van der Waals surface area (Å²) in [6.45, 7) is 2.47. The van der Waals surface area contributed by atoms with Crippen LogP contribution in [0.15, 0.2) is 36.5 Å². The molecule has 1 aromatic heterocycles. The monoisotopic (exact) mass is 353 g/mol. The molecule has 6 nitrogen and oxygen atoms in total. The fourth-order valence-corrected chi connectivity index (χ4v) is 3.68. The van der Waals surface area contributed by atoms with Crippen LogP contribution in [0.5, 0.6) is 11.5 Å². The van der Waals surface area contributed by atoms with Gasteiger partial charge in [0.05, 0.1) is 5.56 Å². The summed E-state index contributed by atoms with van der Waals surface area (Å²) in [5, 5.41) is 3.08. The summed E-state index contributed by atoms with van der Waals surface area (Å²) >= 11 is 0. The van der Waals surface area contributed by atoms with Gasteiger partial charge in [0.1, 0.15) is 19.0 Å². The lowest BCUT2D eigenvalue weighted by atomic mass is 9.90. The number of benzene rings is 1. The molecule has 6 heteroatoms. The molecule has 3 heterocycles. The number of hydrogen-bond donors (Lipinski definition) is 1. The van der Waals surface area contributed by atoms with E-state index in [9.17, 15) is 4.79 Å². The van der Waals surface area contributed by atoms with Gasteiger partial charge in [-0.3, -0.25) is 4.79 Å². The Bertz CT molecular complexity index is 809. The van der Waals surface area contributed by atoms with E-state index >= 15 is 0 Å². The fourth-order valence-electron chi connectivity index (χ4n) is 3.68. The first kappa shape index (κ1) is 16.7. The zero-order valence-corrected chi connectivity index (χ0v) is 14.9. The lowest BCUT2D eigenvalue weighted by Gasteiger charge is -2.34. The third-order valence-corrected chi connectivity index (χ3v) is 5.02. The summed E-state index contributed by atoms with van der Waals surface area (Å²) in [5.41, 5.74) is 1.81. The van der Waals surface area contributed by atoms with Crippen molar-refractivity contribution in [2.45, 2.75) is 18.8 Å². The summed E-state index contributed by atoms with van der Waals surface area (Å²) < 4.78 is 11.3. The second kappa shape index (κ2) is 7.23. The quantitative estimate of drug-likeness (QED) is 0.919. The standard InChI is InChI=1S/C20H23N3O3/c1-21-18-12-14(7-8-22-18)15-4-3-9-23(13-15)20(24)16-5-2-6-17-19(16)26-11-10-25-17/h2,5-8,12,15H,3-4,9-11,13H2,1H3,(H,21,22). The SMILES string of the molecule is CNc1cc(C2CCCN(C(=O)c3cccc4c3OCCO4)C2)ccn1. The summed E-state index contributed by atoms with van der Waals surface area (Å²) in [5.74, 6) is 2.42. The first-order valence-corrected chi connectivity index (χ1v) is 9.08. The van der Waals surface area contributed by atoms with Gasteiger partial charge in [-0.25, -0.2) is 4.98 Å². The number of aromatic nitrogens is 1. The van der Waals surface area contributed by atoms with E-state index in [0.717, 1.165) is 25.2 Å². The second-order valence-electron chi connectivity index (χ2n) is 6.64. The van der Waals surface area contributed by atoms with Crippen molar-refractivity contribution < 1.29 is 14.3 Å². The van der Waals surface area contributed by atoms with Gasteiger partial charge in [0.15, 0.2) is 11.5 Å². The van der Waals surface area contributed by atoms with Crippen LogP contribution >= 0.6 is 0 Å². The number of pyridine rings is 1. The number of nitrogens with one attached hydrogen (secondary N) is 1. The smallest absolute Gasteiger partial charge is 0.257 e. The van der Waals surface area contributed by atoms with Gasteiger partial charge in [-0.2, -0.15) is 0 Å². The van der Waals surface area contributed by atoms with Crippen LogP contribution in [-0.2, 0) is 0 Å². The first-order valence-electron chi connectivity index (χ1n) is 9.08. The van der Waals surface area contributed by atoms with E-state index in [4.69, 9.17) is 9.47 Å². The molecule has 136 valence electrons. The number of piperidine rings is 1. The predicted octanol–water partition coefficient (Wildman–Crippen LogP) is 2.91. The maximum Gasteiger partial charge on any atom is 0.257 e. The van der Waals surface area contributed by atoms with Gasteiger partial charge in [-0.05, 0) is 42.7 Å². The van der Waals surface area contributed by atoms with E-state index in [0.29, 0.717) is 42.7 Å². The largest absolute Gasteiger partial charge is 0.486 e. The molecule has 1 amide bonds. The van der Waals surface area contributed by atoms with Crippen LogP contribution in [0, 0.1) is 0 Å². The number of amides is 1. The molecule has 2 aliphatic heterocycles. The van der Waals surface area contributed by atoms with Gasteiger partial charge in [0, 0.05) is 32.3 Å². The molecule has 1 fully saturated rings. The van der Waals surface area contributed by atoms with E-state index in [2.05, 4.69) is 16.4 Å². The number of hydrogen-bond acceptors (Lipinski definition) is 5. The summed E-state index contributed by atoms with van der Waals surface area (Å²) in [6, 6.07) is 9.64. The molecule has 1 N–H and O–H groups in total. The zero-order chi connectivity index (χ0) is 17.9. The average molecular weight is 353 g/mol. The summed E-state index contributed by atoms with van der Waals surface area (Å²) in [4.78, 5) is 19.3. The maximum absolute atomic E-state index is 13.1. The van der Waals surface area contributed by atoms with E-state index in [-0.39, 0.29) is 5.91 Å². The summed E-state index contributed by atoms with van der Waals surface area (Å²) in [7, 11) is 1.86. The average Bonchev–Trinajstić information content (AvgIpc) is 2.73. The molecule has 0 radical (unpaired) electrons. The molecule has 4 rings (SSSR count). The Kier molecular flexibility index (Phi) is 4.65. The van der Waals surface area contributed by atoms with E-state index < -0.39 is 0 Å². The van der Waals surface area contributed by atoms with Crippen molar-refractivity contribution in [2.75, 3.05) is 38.7 Å². The molecule has 1 aromatic carbocycles. The number of para-hydroxylation sites is 1. The Morgan fingerprint density at radius 3 is 3.04 bits per heavy atom. The molecule has 0 saturated carbocycles. The van der Waals surface area contributed by atoms with Gasteiger partial charge < -0.3 is 19.7 Å². The Morgan fingerprint density at radius 1 is 1.27 bits per heavy atom. The first-order chi connectivity index (χ1) is 12.8. The lowest BCUT2D eigenvalue weighted by molar-refractivity contribution is 0.0697. The third kappa shape index (κ3) is 3.19. The van der Waals surface area contributed by atoms with Gasteiger partial charge in [-0.1, -0.05) is 6.07 Å². The number of anilines is 1. The number of likely N-dealkylation sites (tertiary alicyclic amines) is 1. The van der Waals surface area contributed by atoms with E-state index in [1.165, 1.54) is 5.56 Å². The Hall–Kier alpha value is -2.76. The number of carbonyl (C=O) groups is 1.